The summed E-state index contributed by atoms with van der Waals surface area (Å²) in [4.78, 5) is 24.0. The van der Waals surface area contributed by atoms with Gasteiger partial charge in [-0.3, -0.25) is 9.59 Å². The third kappa shape index (κ3) is 4.94. The van der Waals surface area contributed by atoms with E-state index in [1.54, 1.807) is 24.3 Å². The van der Waals surface area contributed by atoms with Crippen LogP contribution < -0.4 is 10.6 Å². The van der Waals surface area contributed by atoms with Gasteiger partial charge in [-0.25, -0.2) is 0 Å². The van der Waals surface area contributed by atoms with Gasteiger partial charge in [-0.15, -0.1) is 0 Å². The molecule has 0 heterocycles. The summed E-state index contributed by atoms with van der Waals surface area (Å²) in [7, 11) is 0. The van der Waals surface area contributed by atoms with Gasteiger partial charge < -0.3 is 10.6 Å². The van der Waals surface area contributed by atoms with E-state index in [9.17, 15) is 9.59 Å². The van der Waals surface area contributed by atoms with Crippen molar-refractivity contribution in [2.24, 2.45) is 5.92 Å². The van der Waals surface area contributed by atoms with E-state index in [2.05, 4.69) is 10.6 Å². The van der Waals surface area contributed by atoms with Crippen LogP contribution in [0.1, 0.15) is 24.0 Å². The third-order valence-corrected chi connectivity index (χ3v) is 4.26. The highest BCUT2D eigenvalue weighted by atomic mass is 35.5. The Morgan fingerprint density at radius 1 is 1.08 bits per heavy atom. The third-order valence-electron chi connectivity index (χ3n) is 4.01. The summed E-state index contributed by atoms with van der Waals surface area (Å²) in [6.45, 7) is 1.91. The van der Waals surface area contributed by atoms with Gasteiger partial charge in [0.2, 0.25) is 11.8 Å². The summed E-state index contributed by atoms with van der Waals surface area (Å²) in [5.41, 5.74) is 3.19. The first-order chi connectivity index (χ1) is 12.0. The lowest BCUT2D eigenvalue weighted by Gasteiger charge is -2.10. The zero-order valence-corrected chi connectivity index (χ0v) is 14.6. The molecule has 3 rings (SSSR count). The topological polar surface area (TPSA) is 58.2 Å². The van der Waals surface area contributed by atoms with Crippen LogP contribution in [-0.4, -0.2) is 11.8 Å². The number of carbonyl (C=O) groups excluding carboxylic acids is 2. The molecule has 0 unspecified atom stereocenters. The SMILES string of the molecule is Cc1ccc(NC(=O)C2CC2)cc1NC(=O)/C=C/c1ccc(Cl)cc1. The summed E-state index contributed by atoms with van der Waals surface area (Å²) in [6, 6.07) is 12.7. The number of aryl methyl sites for hydroxylation is 1. The second-order valence-corrected chi connectivity index (χ2v) is 6.60. The molecule has 0 bridgehead atoms. The molecule has 0 aliphatic heterocycles. The van der Waals surface area contributed by atoms with Crippen molar-refractivity contribution >= 4 is 40.9 Å². The molecule has 2 N–H and O–H groups in total. The molecule has 1 fully saturated rings. The van der Waals surface area contributed by atoms with Crippen molar-refractivity contribution in [2.45, 2.75) is 19.8 Å². The Morgan fingerprint density at radius 2 is 1.80 bits per heavy atom. The van der Waals surface area contributed by atoms with Crippen LogP contribution in [0.4, 0.5) is 11.4 Å². The van der Waals surface area contributed by atoms with Gasteiger partial charge in [0, 0.05) is 28.4 Å². The fourth-order valence-electron chi connectivity index (χ4n) is 2.34. The van der Waals surface area contributed by atoms with Crippen LogP contribution in [0.25, 0.3) is 6.08 Å². The van der Waals surface area contributed by atoms with Gasteiger partial charge in [-0.1, -0.05) is 29.8 Å². The smallest absolute Gasteiger partial charge is 0.248 e. The lowest BCUT2D eigenvalue weighted by molar-refractivity contribution is -0.117. The Labute approximate surface area is 151 Å². The van der Waals surface area contributed by atoms with Gasteiger partial charge in [0.05, 0.1) is 0 Å². The highest BCUT2D eigenvalue weighted by Gasteiger charge is 2.29. The maximum atomic E-state index is 12.1. The average molecular weight is 355 g/mol. The first-order valence-corrected chi connectivity index (χ1v) is 8.55. The fourth-order valence-corrected chi connectivity index (χ4v) is 2.47. The molecule has 25 heavy (non-hydrogen) atoms. The van der Waals surface area contributed by atoms with Crippen LogP contribution in [0.15, 0.2) is 48.5 Å². The maximum Gasteiger partial charge on any atom is 0.248 e. The van der Waals surface area contributed by atoms with Crippen LogP contribution in [0.5, 0.6) is 0 Å². The summed E-state index contributed by atoms with van der Waals surface area (Å²) < 4.78 is 0. The number of hydrogen-bond donors (Lipinski definition) is 2. The van der Waals surface area contributed by atoms with Crippen molar-refractivity contribution in [3.63, 3.8) is 0 Å². The average Bonchev–Trinajstić information content (AvgIpc) is 3.42. The van der Waals surface area contributed by atoms with E-state index >= 15 is 0 Å². The quantitative estimate of drug-likeness (QED) is 0.768. The number of carbonyl (C=O) groups is 2. The van der Waals surface area contributed by atoms with Gasteiger partial charge >= 0.3 is 0 Å². The minimum Gasteiger partial charge on any atom is -0.326 e. The lowest BCUT2D eigenvalue weighted by atomic mass is 10.1. The van der Waals surface area contributed by atoms with Crippen molar-refractivity contribution < 1.29 is 9.59 Å². The molecule has 1 aliphatic rings. The Kier molecular flexibility index (Phi) is 5.19. The summed E-state index contributed by atoms with van der Waals surface area (Å²) in [5.74, 6) is -0.0471. The van der Waals surface area contributed by atoms with Gasteiger partial charge in [-0.2, -0.15) is 0 Å². The van der Waals surface area contributed by atoms with Crippen molar-refractivity contribution in [3.8, 4) is 0 Å². The molecule has 4 nitrogen and oxygen atoms in total. The molecule has 1 saturated carbocycles. The van der Waals surface area contributed by atoms with Gasteiger partial charge in [0.25, 0.3) is 0 Å². The Balaban J connectivity index is 1.65. The van der Waals surface area contributed by atoms with Crippen molar-refractivity contribution in [1.29, 1.82) is 0 Å². The molecule has 2 aromatic carbocycles. The van der Waals surface area contributed by atoms with Crippen LogP contribution in [-0.2, 0) is 9.59 Å². The maximum absolute atomic E-state index is 12.1. The molecular formula is C20H19ClN2O2. The number of rotatable bonds is 5. The van der Waals surface area contributed by atoms with E-state index in [4.69, 9.17) is 11.6 Å². The van der Waals surface area contributed by atoms with Crippen LogP contribution >= 0.6 is 11.6 Å². The van der Waals surface area contributed by atoms with Crippen LogP contribution in [0, 0.1) is 12.8 Å². The predicted molar refractivity (Wildman–Crippen MR) is 102 cm³/mol. The van der Waals surface area contributed by atoms with E-state index < -0.39 is 0 Å². The molecule has 0 aromatic heterocycles. The highest BCUT2D eigenvalue weighted by molar-refractivity contribution is 6.30. The second kappa shape index (κ2) is 7.53. The summed E-state index contributed by atoms with van der Waals surface area (Å²) in [5, 5.41) is 6.39. The molecule has 0 atom stereocenters. The predicted octanol–water partition coefficient (Wildman–Crippen LogP) is 4.65. The van der Waals surface area contributed by atoms with E-state index in [1.807, 2.05) is 31.2 Å². The van der Waals surface area contributed by atoms with E-state index in [0.717, 1.165) is 24.0 Å². The molecule has 5 heteroatoms. The molecule has 1 aliphatic carbocycles. The summed E-state index contributed by atoms with van der Waals surface area (Å²) >= 11 is 5.84. The zero-order chi connectivity index (χ0) is 17.8. The molecular weight excluding hydrogens is 336 g/mol. The number of nitrogens with one attached hydrogen (secondary N) is 2. The molecule has 0 saturated heterocycles. The molecule has 0 radical (unpaired) electrons. The molecule has 0 spiro atoms. The highest BCUT2D eigenvalue weighted by Crippen LogP contribution is 2.30. The number of hydrogen-bond acceptors (Lipinski definition) is 2. The number of anilines is 2. The van der Waals surface area contributed by atoms with Gasteiger partial charge in [0.1, 0.15) is 0 Å². The Hall–Kier alpha value is -2.59. The van der Waals surface area contributed by atoms with Crippen LogP contribution in [0.3, 0.4) is 0 Å². The van der Waals surface area contributed by atoms with E-state index in [-0.39, 0.29) is 17.7 Å². The normalized spacial score (nSPS) is 13.7. The number of amides is 2. The molecule has 2 aromatic rings. The van der Waals surface area contributed by atoms with Crippen molar-refractivity contribution in [2.75, 3.05) is 10.6 Å². The van der Waals surface area contributed by atoms with Gasteiger partial charge in [0.15, 0.2) is 0 Å². The monoisotopic (exact) mass is 354 g/mol. The van der Waals surface area contributed by atoms with Crippen LogP contribution in [0.2, 0.25) is 5.02 Å². The first kappa shape index (κ1) is 17.2. The Bertz CT molecular complexity index is 824. The molecule has 2 amide bonds. The van der Waals surface area contributed by atoms with Gasteiger partial charge in [-0.05, 0) is 61.2 Å². The zero-order valence-electron chi connectivity index (χ0n) is 13.9. The van der Waals surface area contributed by atoms with Crippen molar-refractivity contribution in [1.82, 2.24) is 0 Å². The minimum atomic E-state index is -0.233. The standard InChI is InChI=1S/C20H19ClN2O2/c1-13-2-10-17(22-20(25)15-6-7-15)12-18(13)23-19(24)11-5-14-3-8-16(21)9-4-14/h2-5,8-12,15H,6-7H2,1H3,(H,22,25)(H,23,24)/b11-5+. The fraction of sp³-hybridized carbons (Fsp3) is 0.200. The number of halogens is 1. The van der Waals surface area contributed by atoms with E-state index in [1.165, 1.54) is 6.08 Å². The van der Waals surface area contributed by atoms with E-state index in [0.29, 0.717) is 16.4 Å². The second-order valence-electron chi connectivity index (χ2n) is 6.17. The summed E-state index contributed by atoms with van der Waals surface area (Å²) in [6.07, 6.45) is 5.10. The Morgan fingerprint density at radius 3 is 2.48 bits per heavy atom. The minimum absolute atomic E-state index is 0.0452. The number of benzene rings is 2. The largest absolute Gasteiger partial charge is 0.326 e. The molecule has 128 valence electrons. The first-order valence-electron chi connectivity index (χ1n) is 8.17. The van der Waals surface area contributed by atoms with Crippen molar-refractivity contribution in [3.05, 3.63) is 64.7 Å². The lowest BCUT2D eigenvalue weighted by Crippen LogP contribution is -2.14.